The molecule has 0 aromatic carbocycles. The van der Waals surface area contributed by atoms with E-state index in [-0.39, 0.29) is 44.6 Å². The number of nitrogens with zero attached hydrogens (tertiary/aromatic N) is 5. The van der Waals surface area contributed by atoms with Gasteiger partial charge < -0.3 is 4.57 Å². The molecule has 0 aliphatic rings. The molecule has 1 unspecified atom stereocenters. The molecule has 31 heavy (non-hydrogen) atoms. The second-order valence-electron chi connectivity index (χ2n) is 6.83. The van der Waals surface area contributed by atoms with E-state index in [0.29, 0.717) is 0 Å². The number of aromatic nitrogens is 4. The second kappa shape index (κ2) is 7.86. The monoisotopic (exact) mass is 475 g/mol. The summed E-state index contributed by atoms with van der Waals surface area (Å²) in [7, 11) is -4.85. The average Bonchev–Trinajstić information content (AvgIpc) is 3.03. The van der Waals surface area contributed by atoms with E-state index in [2.05, 4.69) is 19.3 Å². The van der Waals surface area contributed by atoms with Crippen LogP contribution in [-0.4, -0.2) is 49.9 Å². The van der Waals surface area contributed by atoms with Crippen molar-refractivity contribution in [2.24, 2.45) is 11.4 Å². The van der Waals surface area contributed by atoms with E-state index >= 15 is 0 Å². The van der Waals surface area contributed by atoms with Crippen molar-refractivity contribution in [3.8, 4) is 11.5 Å². The quantitative estimate of drug-likeness (QED) is 0.558. The van der Waals surface area contributed by atoms with Gasteiger partial charge in [-0.1, -0.05) is 13.8 Å². The summed E-state index contributed by atoms with van der Waals surface area (Å²) in [6.07, 6.45) is -0.899. The fourth-order valence-electron chi connectivity index (χ4n) is 2.79. The summed E-state index contributed by atoms with van der Waals surface area (Å²) in [5.41, 5.74) is -0.735. The van der Waals surface area contributed by atoms with Crippen molar-refractivity contribution in [2.75, 3.05) is 17.8 Å². The number of alkyl halides is 3. The molecule has 3 heterocycles. The molecule has 3 aromatic heterocycles. The van der Waals surface area contributed by atoms with Gasteiger partial charge in [-0.15, -0.1) is 0 Å². The minimum Gasteiger partial charge on any atom is -0.324 e. The molecule has 8 nitrogen and oxygen atoms in total. The van der Waals surface area contributed by atoms with E-state index in [1.54, 1.807) is 6.92 Å². The van der Waals surface area contributed by atoms with Crippen LogP contribution >= 0.6 is 0 Å². The summed E-state index contributed by atoms with van der Waals surface area (Å²) in [4.78, 5) is 11.6. The van der Waals surface area contributed by atoms with Crippen molar-refractivity contribution in [3.05, 3.63) is 30.2 Å². The Morgan fingerprint density at radius 1 is 1.06 bits per heavy atom. The number of imidazole rings is 1. The van der Waals surface area contributed by atoms with Gasteiger partial charge in [-0.05, 0) is 12.1 Å². The SMILES string of the molecule is CCS(=O)(=O)c1cc(N=S(C)(=O)CC)cnc1-c1nc2cc(C(F)(F)F)ncc2n1C. The first-order valence-electron chi connectivity index (χ1n) is 9.11. The van der Waals surface area contributed by atoms with Crippen molar-refractivity contribution in [1.82, 2.24) is 19.5 Å². The molecule has 0 aliphatic carbocycles. The molecule has 0 bridgehead atoms. The maximum atomic E-state index is 13.0. The van der Waals surface area contributed by atoms with Gasteiger partial charge in [0.25, 0.3) is 0 Å². The molecule has 0 saturated carbocycles. The molecule has 3 rings (SSSR count). The molecule has 3 aromatic rings. The van der Waals surface area contributed by atoms with Crippen LogP contribution in [0.4, 0.5) is 18.9 Å². The molecular weight excluding hydrogens is 455 g/mol. The molecule has 0 amide bonds. The highest BCUT2D eigenvalue weighted by molar-refractivity contribution is 7.93. The first kappa shape index (κ1) is 23.1. The first-order valence-corrected chi connectivity index (χ1v) is 12.9. The summed E-state index contributed by atoms with van der Waals surface area (Å²) >= 11 is 0. The first-order chi connectivity index (χ1) is 14.3. The van der Waals surface area contributed by atoms with Crippen LogP contribution in [0.25, 0.3) is 22.6 Å². The lowest BCUT2D eigenvalue weighted by atomic mass is 10.3. The minimum atomic E-state index is -4.64. The van der Waals surface area contributed by atoms with Gasteiger partial charge in [-0.2, -0.15) is 17.5 Å². The van der Waals surface area contributed by atoms with E-state index in [4.69, 9.17) is 0 Å². The third-order valence-corrected chi connectivity index (χ3v) is 8.07. The Labute approximate surface area is 177 Å². The van der Waals surface area contributed by atoms with E-state index in [9.17, 15) is 25.8 Å². The Kier molecular flexibility index (Phi) is 5.86. The topological polar surface area (TPSA) is 107 Å². The van der Waals surface area contributed by atoms with Gasteiger partial charge in [-0.3, -0.25) is 0 Å². The molecule has 0 fully saturated rings. The van der Waals surface area contributed by atoms with Crippen LogP contribution in [0.1, 0.15) is 19.5 Å². The van der Waals surface area contributed by atoms with Crippen molar-refractivity contribution in [3.63, 3.8) is 0 Å². The number of rotatable bonds is 5. The fraction of sp³-hybridized carbons (Fsp3) is 0.389. The van der Waals surface area contributed by atoms with Gasteiger partial charge in [-0.25, -0.2) is 27.6 Å². The lowest BCUT2D eigenvalue weighted by molar-refractivity contribution is -0.141. The van der Waals surface area contributed by atoms with Crippen molar-refractivity contribution < 1.29 is 25.8 Å². The predicted octanol–water partition coefficient (Wildman–Crippen LogP) is 3.59. The third-order valence-electron chi connectivity index (χ3n) is 4.66. The van der Waals surface area contributed by atoms with Gasteiger partial charge in [0.1, 0.15) is 11.4 Å². The van der Waals surface area contributed by atoms with Gasteiger partial charge in [0.15, 0.2) is 15.7 Å². The Hall–Kier alpha value is -2.54. The van der Waals surface area contributed by atoms with E-state index in [1.807, 2.05) is 0 Å². The van der Waals surface area contributed by atoms with E-state index < -0.39 is 31.4 Å². The zero-order chi connectivity index (χ0) is 23.2. The fourth-order valence-corrected chi connectivity index (χ4v) is 4.51. The number of pyridine rings is 2. The summed E-state index contributed by atoms with van der Waals surface area (Å²) in [6, 6.07) is 2.06. The number of aryl methyl sites for hydroxylation is 1. The second-order valence-corrected chi connectivity index (χ2v) is 11.8. The minimum absolute atomic E-state index is 0.00204. The zero-order valence-electron chi connectivity index (χ0n) is 17.1. The Morgan fingerprint density at radius 3 is 2.32 bits per heavy atom. The van der Waals surface area contributed by atoms with Crippen LogP contribution in [0.5, 0.6) is 0 Å². The zero-order valence-corrected chi connectivity index (χ0v) is 18.8. The van der Waals surface area contributed by atoms with Crippen LogP contribution in [0, 0.1) is 0 Å². The number of fused-ring (bicyclic) bond motifs is 1. The molecule has 13 heteroatoms. The van der Waals surface area contributed by atoms with Crippen LogP contribution in [-0.2, 0) is 32.8 Å². The third kappa shape index (κ3) is 4.56. The van der Waals surface area contributed by atoms with Gasteiger partial charge in [0.2, 0.25) is 0 Å². The van der Waals surface area contributed by atoms with Gasteiger partial charge in [0.05, 0.1) is 39.8 Å². The van der Waals surface area contributed by atoms with E-state index in [0.717, 1.165) is 12.3 Å². The maximum Gasteiger partial charge on any atom is 0.433 e. The molecule has 0 radical (unpaired) electrons. The van der Waals surface area contributed by atoms with Gasteiger partial charge >= 0.3 is 6.18 Å². The number of halogens is 3. The van der Waals surface area contributed by atoms with Crippen molar-refractivity contribution in [2.45, 2.75) is 24.9 Å². The molecule has 0 saturated heterocycles. The summed E-state index contributed by atoms with van der Waals surface area (Å²) in [6.45, 7) is 3.15. The Bertz CT molecular complexity index is 1390. The molecule has 0 spiro atoms. The largest absolute Gasteiger partial charge is 0.433 e. The van der Waals surface area contributed by atoms with Crippen LogP contribution in [0.3, 0.4) is 0 Å². The average molecular weight is 476 g/mol. The number of hydrogen-bond acceptors (Lipinski definition) is 7. The summed E-state index contributed by atoms with van der Waals surface area (Å²) in [5, 5.41) is 0. The molecule has 1 atom stereocenters. The van der Waals surface area contributed by atoms with Crippen LogP contribution in [0.2, 0.25) is 0 Å². The van der Waals surface area contributed by atoms with Crippen molar-refractivity contribution in [1.29, 1.82) is 0 Å². The molecule has 0 aliphatic heterocycles. The Balaban J connectivity index is 2.29. The van der Waals surface area contributed by atoms with E-state index in [1.165, 1.54) is 37.1 Å². The molecule has 168 valence electrons. The lowest BCUT2D eigenvalue weighted by Crippen LogP contribution is -2.09. The highest BCUT2D eigenvalue weighted by Crippen LogP contribution is 2.33. The lowest BCUT2D eigenvalue weighted by Gasteiger charge is -2.10. The van der Waals surface area contributed by atoms with Crippen LogP contribution in [0.15, 0.2) is 33.8 Å². The molecular formula is C18H20F3N5O3S2. The number of sulfone groups is 1. The predicted molar refractivity (Wildman–Crippen MR) is 111 cm³/mol. The normalized spacial score (nSPS) is 14.5. The smallest absolute Gasteiger partial charge is 0.324 e. The maximum absolute atomic E-state index is 13.0. The highest BCUT2D eigenvalue weighted by Gasteiger charge is 2.33. The highest BCUT2D eigenvalue weighted by atomic mass is 32.2. The number of hydrogen-bond donors (Lipinski definition) is 0. The summed E-state index contributed by atoms with van der Waals surface area (Å²) in [5.74, 6) is 0.0797. The van der Waals surface area contributed by atoms with Gasteiger partial charge in [0, 0.05) is 28.8 Å². The molecule has 0 N–H and O–H groups in total. The van der Waals surface area contributed by atoms with Crippen molar-refractivity contribution >= 4 is 36.3 Å². The Morgan fingerprint density at radius 2 is 1.74 bits per heavy atom. The standard InChI is InChI=1S/C18H20F3N5O3S2/c1-5-30(4,27)25-11-7-14(31(28,29)6-2)16(23-9-11)17-24-12-8-15(18(19,20)21)22-10-13(12)26(17)3/h7-10H,5-6H2,1-4H3. The summed E-state index contributed by atoms with van der Waals surface area (Å²) < 4.78 is 82.3. The van der Waals surface area contributed by atoms with Crippen LogP contribution < -0.4 is 0 Å².